The minimum Gasteiger partial charge on any atom is -0.465 e. The van der Waals surface area contributed by atoms with Crippen LogP contribution in [0.4, 0.5) is 21.1 Å². The summed E-state index contributed by atoms with van der Waals surface area (Å²) in [6.07, 6.45) is 5.83. The summed E-state index contributed by atoms with van der Waals surface area (Å²) in [5.74, 6) is 1.73. The molecule has 0 bridgehead atoms. The Kier molecular flexibility index (Phi) is 12.3. The summed E-state index contributed by atoms with van der Waals surface area (Å²) < 4.78 is 4.82. The van der Waals surface area contributed by atoms with Gasteiger partial charge < -0.3 is 39.8 Å². The lowest BCUT2D eigenvalue weighted by Gasteiger charge is -2.47. The van der Waals surface area contributed by atoms with E-state index in [-0.39, 0.29) is 41.9 Å². The van der Waals surface area contributed by atoms with Gasteiger partial charge in [-0.3, -0.25) is 19.4 Å². The number of nitrogens with one attached hydrogen (secondary N) is 3. The number of carbonyl (C=O) groups is 4. The third kappa shape index (κ3) is 7.87. The average molecular weight is 876 g/mol. The monoisotopic (exact) mass is 875 g/mol. The molecule has 8 rings (SSSR count). The van der Waals surface area contributed by atoms with Gasteiger partial charge in [-0.25, -0.2) is 24.5 Å². The highest BCUT2D eigenvalue weighted by atomic mass is 16.5. The van der Waals surface area contributed by atoms with Crippen molar-refractivity contribution >= 4 is 58.0 Å². The molecule has 17 nitrogen and oxygen atoms in total. The number of hydrogen-bond acceptors (Lipinski definition) is 11. The second kappa shape index (κ2) is 17.7. The van der Waals surface area contributed by atoms with Crippen molar-refractivity contribution < 1.29 is 29.0 Å². The summed E-state index contributed by atoms with van der Waals surface area (Å²) in [5.41, 5.74) is 5.30. The second-order valence-electron chi connectivity index (χ2n) is 18.4. The molecule has 6 atom stereocenters. The van der Waals surface area contributed by atoms with E-state index in [2.05, 4.69) is 56.6 Å². The number of benzene rings is 2. The number of alkyl carbamates (subject to hydrolysis) is 1. The van der Waals surface area contributed by atoms with E-state index in [1.807, 2.05) is 74.8 Å². The molecule has 0 spiro atoms. The molecule has 2 aromatic carbocycles. The average Bonchev–Trinajstić information content (AvgIpc) is 4.14. The zero-order chi connectivity index (χ0) is 45.6. The Morgan fingerprint density at radius 1 is 0.844 bits per heavy atom. The number of likely N-dealkylation sites (N-methyl/N-ethyl adjacent to an activating group) is 1. The molecule has 3 amide bonds. The Morgan fingerprint density at radius 3 is 1.95 bits per heavy atom. The number of aldehydes is 1. The molecule has 3 aromatic heterocycles. The Balaban J connectivity index is 1.10. The highest BCUT2D eigenvalue weighted by Crippen LogP contribution is 2.48. The van der Waals surface area contributed by atoms with Crippen molar-refractivity contribution in [2.45, 2.75) is 102 Å². The summed E-state index contributed by atoms with van der Waals surface area (Å²) in [6, 6.07) is 15.7. The van der Waals surface area contributed by atoms with Crippen molar-refractivity contribution in [2.24, 2.45) is 11.8 Å². The van der Waals surface area contributed by atoms with Gasteiger partial charge in [-0.2, -0.15) is 0 Å². The van der Waals surface area contributed by atoms with Crippen molar-refractivity contribution in [2.75, 3.05) is 51.1 Å². The fraction of sp³-hybridized carbons (Fsp3) is 0.511. The third-order valence-corrected chi connectivity index (χ3v) is 13.8. The van der Waals surface area contributed by atoms with Crippen LogP contribution in [0.1, 0.15) is 113 Å². The van der Waals surface area contributed by atoms with E-state index >= 15 is 0 Å². The number of aromatic amines is 2. The summed E-state index contributed by atoms with van der Waals surface area (Å²) >= 11 is 0. The van der Waals surface area contributed by atoms with E-state index in [1.165, 1.54) is 14.2 Å². The van der Waals surface area contributed by atoms with Crippen LogP contribution in [-0.4, -0.2) is 122 Å². The molecule has 17 heteroatoms. The molecule has 5 aromatic rings. The quantitative estimate of drug-likeness (QED) is 0.0862. The van der Waals surface area contributed by atoms with Crippen LogP contribution in [0.5, 0.6) is 0 Å². The van der Waals surface area contributed by atoms with Crippen LogP contribution in [0, 0.1) is 11.8 Å². The molecule has 3 fully saturated rings. The molecule has 0 radical (unpaired) electrons. The number of hydrogen-bond donors (Lipinski definition) is 4. The fourth-order valence-electron chi connectivity index (χ4n) is 10.5. The van der Waals surface area contributed by atoms with Gasteiger partial charge in [-0.15, -0.1) is 0 Å². The number of fused-ring (bicyclic) bond motifs is 2. The molecular formula is C47H61N11O6. The lowest BCUT2D eigenvalue weighted by Crippen LogP contribution is -2.65. The van der Waals surface area contributed by atoms with Crippen LogP contribution in [0.15, 0.2) is 54.7 Å². The van der Waals surface area contributed by atoms with Crippen molar-refractivity contribution in [3.05, 3.63) is 77.5 Å². The Hall–Kier alpha value is -6.23. The van der Waals surface area contributed by atoms with Gasteiger partial charge in [-0.1, -0.05) is 39.8 Å². The molecule has 64 heavy (non-hydrogen) atoms. The van der Waals surface area contributed by atoms with E-state index in [0.717, 1.165) is 106 Å². The smallest absolute Gasteiger partial charge is 0.408 e. The molecule has 3 aliphatic rings. The molecule has 340 valence electrons. The van der Waals surface area contributed by atoms with Crippen molar-refractivity contribution in [1.29, 1.82) is 0 Å². The zero-order valence-corrected chi connectivity index (χ0v) is 38.0. The molecule has 3 aliphatic heterocycles. The van der Waals surface area contributed by atoms with Crippen LogP contribution in [0.2, 0.25) is 0 Å². The first-order valence-electron chi connectivity index (χ1n) is 22.4. The number of methoxy groups -OCH3 is 1. The number of nitrogens with zero attached hydrogens (tertiary/aromatic N) is 8. The lowest BCUT2D eigenvalue weighted by atomic mass is 9.92. The van der Waals surface area contributed by atoms with E-state index < -0.39 is 23.9 Å². The van der Waals surface area contributed by atoms with Gasteiger partial charge in [0.05, 0.1) is 65.2 Å². The predicted molar refractivity (Wildman–Crippen MR) is 244 cm³/mol. The van der Waals surface area contributed by atoms with Gasteiger partial charge in [0.2, 0.25) is 5.91 Å². The number of likely N-dealkylation sites (tertiary alicyclic amines) is 2. The number of rotatable bonds is 13. The Bertz CT molecular complexity index is 2520. The first-order chi connectivity index (χ1) is 30.7. The van der Waals surface area contributed by atoms with Crippen molar-refractivity contribution in [3.8, 4) is 0 Å². The maximum absolute atomic E-state index is 13.9. The summed E-state index contributed by atoms with van der Waals surface area (Å²) in [4.78, 5) is 82.6. The van der Waals surface area contributed by atoms with Gasteiger partial charge in [0.1, 0.15) is 23.5 Å². The molecule has 6 heterocycles. The van der Waals surface area contributed by atoms with Gasteiger partial charge >= 0.3 is 12.2 Å². The molecule has 0 aliphatic carbocycles. The van der Waals surface area contributed by atoms with Crippen LogP contribution in [0.25, 0.3) is 22.1 Å². The molecule has 4 N–H and O–H groups in total. The van der Waals surface area contributed by atoms with Crippen LogP contribution in [0.3, 0.4) is 0 Å². The number of anilines is 2. The fourth-order valence-corrected chi connectivity index (χ4v) is 10.5. The molecule has 3 saturated heterocycles. The zero-order valence-electron chi connectivity index (χ0n) is 38.0. The number of carboxylic acid groups (broad SMARTS) is 1. The minimum absolute atomic E-state index is 0.00240. The largest absolute Gasteiger partial charge is 0.465 e. The number of carbonyl (C=O) groups excluding carboxylic acids is 3. The SMILES string of the molecule is COC(=O)N[C@H](C(=O)N1CCC[C@H]1c1nc2ccc([C@H]3CC[C@H](c4ccc5nc([C@@H]6CCCN6[C@@](C=O)(C(C)C)N(C)C(=O)O)[nH]c5c4)N3c3ccc(N(C)C)nc3)cc2[nH]1)C(C)C. The summed E-state index contributed by atoms with van der Waals surface area (Å²) in [7, 11) is 6.72. The summed E-state index contributed by atoms with van der Waals surface area (Å²) in [5, 5.41) is 12.8. The normalized spacial score (nSPS) is 21.8. The highest BCUT2D eigenvalue weighted by molar-refractivity contribution is 5.87. The third-order valence-electron chi connectivity index (χ3n) is 13.8. The van der Waals surface area contributed by atoms with E-state index in [0.29, 0.717) is 13.1 Å². The Labute approximate surface area is 373 Å². The number of H-pyrrole nitrogens is 2. The second-order valence-corrected chi connectivity index (χ2v) is 18.4. The van der Waals surface area contributed by atoms with Crippen LogP contribution >= 0.6 is 0 Å². The topological polar surface area (TPSA) is 196 Å². The highest BCUT2D eigenvalue weighted by Gasteiger charge is 2.51. The van der Waals surface area contributed by atoms with Crippen molar-refractivity contribution in [1.82, 2.24) is 44.9 Å². The number of pyridine rings is 1. The number of ether oxygens (including phenoxy) is 1. The molecular weight excluding hydrogens is 815 g/mol. The molecule has 0 unspecified atom stereocenters. The predicted octanol–water partition coefficient (Wildman–Crippen LogP) is 7.33. The lowest BCUT2D eigenvalue weighted by molar-refractivity contribution is -0.137. The maximum atomic E-state index is 13.9. The van der Waals surface area contributed by atoms with Crippen molar-refractivity contribution in [3.63, 3.8) is 0 Å². The van der Waals surface area contributed by atoms with Crippen LogP contribution < -0.4 is 15.1 Å². The number of aromatic nitrogens is 5. The first kappa shape index (κ1) is 44.4. The first-order valence-corrected chi connectivity index (χ1v) is 22.4. The summed E-state index contributed by atoms with van der Waals surface area (Å²) in [6.45, 7) is 8.73. The minimum atomic E-state index is -1.34. The Morgan fingerprint density at radius 2 is 1.44 bits per heavy atom. The standard InChI is InChI=1S/C47H61N11O6/c1-27(2)41(53-45(61)64-8)44(60)56-21-9-11-38(56)42-49-32-16-13-29(23-34(32)51-42)36-18-19-37(58(36)31-15-20-40(48-25-31)54(5)6)30-14-17-33-35(24-30)52-43(50-33)39-12-10-22-57(39)47(26-59,28(3)4)55(7)46(62)63/h13-17,20,23-28,36-39,41H,9-12,18-19,21-22H2,1-8H3,(H,49,51)(H,50,52)(H,53,61)(H,62,63)/t36-,37-,38+,39+,41+,47+/m1/s1. The van der Waals surface area contributed by atoms with Gasteiger partial charge in [0.25, 0.3) is 0 Å². The van der Waals surface area contributed by atoms with E-state index in [9.17, 15) is 24.3 Å². The van der Waals surface area contributed by atoms with Crippen LogP contribution in [-0.2, 0) is 14.3 Å². The number of amides is 3. The van der Waals surface area contributed by atoms with E-state index in [4.69, 9.17) is 19.7 Å². The number of imidazole rings is 2. The van der Waals surface area contributed by atoms with Gasteiger partial charge in [-0.05, 0) is 97.9 Å². The van der Waals surface area contributed by atoms with Gasteiger partial charge in [0, 0.05) is 34.2 Å². The maximum Gasteiger partial charge on any atom is 0.408 e. The van der Waals surface area contributed by atoms with E-state index in [1.54, 1.807) is 0 Å². The van der Waals surface area contributed by atoms with Gasteiger partial charge in [0.15, 0.2) is 11.9 Å². The molecule has 0 saturated carbocycles.